The number of para-hydroxylation sites is 2. The summed E-state index contributed by atoms with van der Waals surface area (Å²) in [6, 6.07) is 11.8. The molecular formula is C24H29N5O2. The van der Waals surface area contributed by atoms with Gasteiger partial charge in [-0.15, -0.1) is 0 Å². The molecule has 2 aliphatic rings. The van der Waals surface area contributed by atoms with E-state index in [2.05, 4.69) is 14.9 Å². The van der Waals surface area contributed by atoms with Crippen molar-refractivity contribution >= 4 is 16.9 Å². The molecule has 0 spiro atoms. The number of hydrogen-bond acceptors (Lipinski definition) is 4. The number of rotatable bonds is 4. The maximum absolute atomic E-state index is 12.6. The van der Waals surface area contributed by atoms with Crippen LogP contribution in [0.5, 0.6) is 0 Å². The van der Waals surface area contributed by atoms with Crippen LogP contribution in [0.4, 0.5) is 0 Å². The van der Waals surface area contributed by atoms with E-state index in [9.17, 15) is 9.59 Å². The maximum atomic E-state index is 12.6. The molecule has 2 saturated heterocycles. The normalized spacial score (nSPS) is 19.2. The van der Waals surface area contributed by atoms with Gasteiger partial charge in [-0.25, -0.2) is 4.79 Å². The second-order valence-electron chi connectivity index (χ2n) is 8.82. The Bertz CT molecular complexity index is 1090. The molecule has 4 heterocycles. The summed E-state index contributed by atoms with van der Waals surface area (Å²) in [5, 5.41) is 0. The van der Waals surface area contributed by atoms with Crippen LogP contribution < -0.4 is 5.69 Å². The Kier molecular flexibility index (Phi) is 5.59. The van der Waals surface area contributed by atoms with Gasteiger partial charge in [-0.2, -0.15) is 0 Å². The van der Waals surface area contributed by atoms with Gasteiger partial charge in [-0.1, -0.05) is 12.1 Å². The molecule has 5 rings (SSSR count). The molecule has 0 unspecified atom stereocenters. The molecular weight excluding hydrogens is 390 g/mol. The van der Waals surface area contributed by atoms with Crippen LogP contribution in [0, 0.1) is 5.92 Å². The van der Waals surface area contributed by atoms with Crippen LogP contribution in [0.25, 0.3) is 11.0 Å². The van der Waals surface area contributed by atoms with Gasteiger partial charge in [0.15, 0.2) is 0 Å². The van der Waals surface area contributed by atoms with Crippen molar-refractivity contribution < 1.29 is 4.79 Å². The topological polar surface area (TPSA) is 74.2 Å². The fourth-order valence-electron chi connectivity index (χ4n) is 5.16. The van der Waals surface area contributed by atoms with Crippen molar-refractivity contribution in [3.05, 3.63) is 64.8 Å². The van der Waals surface area contributed by atoms with E-state index in [0.717, 1.165) is 75.0 Å². The van der Waals surface area contributed by atoms with Gasteiger partial charge >= 0.3 is 5.69 Å². The third-order valence-corrected chi connectivity index (χ3v) is 6.89. The zero-order valence-corrected chi connectivity index (χ0v) is 17.7. The molecule has 0 aliphatic carbocycles. The van der Waals surface area contributed by atoms with Crippen LogP contribution in [-0.2, 0) is 0 Å². The quantitative estimate of drug-likeness (QED) is 0.706. The summed E-state index contributed by atoms with van der Waals surface area (Å²) in [4.78, 5) is 36.6. The highest BCUT2D eigenvalue weighted by Gasteiger charge is 2.28. The van der Waals surface area contributed by atoms with Crippen molar-refractivity contribution in [3.63, 3.8) is 0 Å². The second-order valence-corrected chi connectivity index (χ2v) is 8.82. The van der Waals surface area contributed by atoms with E-state index in [0.29, 0.717) is 5.92 Å². The lowest BCUT2D eigenvalue weighted by Crippen LogP contribution is -2.44. The van der Waals surface area contributed by atoms with Crippen molar-refractivity contribution in [1.29, 1.82) is 0 Å². The number of pyridine rings is 1. The van der Waals surface area contributed by atoms with E-state index in [1.165, 1.54) is 0 Å². The Labute approximate surface area is 181 Å². The molecule has 0 atom stereocenters. The lowest BCUT2D eigenvalue weighted by Gasteiger charge is -2.38. The molecule has 2 fully saturated rings. The first kappa shape index (κ1) is 20.0. The lowest BCUT2D eigenvalue weighted by molar-refractivity contribution is 0.0653. The average Bonchev–Trinajstić information content (AvgIpc) is 3.16. The Morgan fingerprint density at radius 2 is 1.68 bits per heavy atom. The number of nitrogens with one attached hydrogen (secondary N) is 1. The number of fused-ring (bicyclic) bond motifs is 1. The Morgan fingerprint density at radius 1 is 0.968 bits per heavy atom. The highest BCUT2D eigenvalue weighted by atomic mass is 16.2. The van der Waals surface area contributed by atoms with Crippen molar-refractivity contribution in [3.8, 4) is 0 Å². The Hall–Kier alpha value is -2.93. The molecule has 1 amide bonds. The van der Waals surface area contributed by atoms with Gasteiger partial charge in [0.05, 0.1) is 11.0 Å². The van der Waals surface area contributed by atoms with Crippen LogP contribution in [-0.4, -0.2) is 63.0 Å². The number of likely N-dealkylation sites (tertiary alicyclic amines) is 2. The van der Waals surface area contributed by atoms with Gasteiger partial charge in [0.1, 0.15) is 0 Å². The van der Waals surface area contributed by atoms with Crippen LogP contribution in [0.3, 0.4) is 0 Å². The minimum absolute atomic E-state index is 0.00545. The molecule has 0 bridgehead atoms. The van der Waals surface area contributed by atoms with Crippen LogP contribution >= 0.6 is 0 Å². The first-order valence-electron chi connectivity index (χ1n) is 11.3. The number of aromatic nitrogens is 3. The van der Waals surface area contributed by atoms with Crippen LogP contribution in [0.15, 0.2) is 53.6 Å². The van der Waals surface area contributed by atoms with Crippen LogP contribution in [0.2, 0.25) is 0 Å². The number of aromatic amines is 1. The van der Waals surface area contributed by atoms with E-state index < -0.39 is 0 Å². The van der Waals surface area contributed by atoms with Crippen molar-refractivity contribution in [2.75, 3.05) is 32.7 Å². The number of imidazole rings is 1. The molecule has 3 aromatic rings. The lowest BCUT2D eigenvalue weighted by atomic mass is 9.94. The summed E-state index contributed by atoms with van der Waals surface area (Å²) in [6.07, 6.45) is 7.46. The van der Waals surface area contributed by atoms with Crippen molar-refractivity contribution in [2.45, 2.75) is 31.7 Å². The first-order valence-corrected chi connectivity index (χ1v) is 11.3. The number of H-pyrrole nitrogens is 1. The summed E-state index contributed by atoms with van der Waals surface area (Å²) in [7, 11) is 0. The van der Waals surface area contributed by atoms with Gasteiger partial charge in [0.2, 0.25) is 0 Å². The zero-order chi connectivity index (χ0) is 21.2. The zero-order valence-electron chi connectivity index (χ0n) is 17.7. The number of benzene rings is 1. The number of hydrogen-bond donors (Lipinski definition) is 1. The maximum Gasteiger partial charge on any atom is 0.326 e. The van der Waals surface area contributed by atoms with Gasteiger partial charge in [-0.05, 0) is 55.9 Å². The largest absolute Gasteiger partial charge is 0.339 e. The summed E-state index contributed by atoms with van der Waals surface area (Å²) in [5.41, 5.74) is 2.66. The summed E-state index contributed by atoms with van der Waals surface area (Å²) < 4.78 is 1.95. The number of amides is 1. The molecule has 0 saturated carbocycles. The number of piperidine rings is 2. The third kappa shape index (κ3) is 4.14. The number of carbonyl (C=O) groups excluding carboxylic acids is 1. The third-order valence-electron chi connectivity index (χ3n) is 6.89. The molecule has 7 nitrogen and oxygen atoms in total. The van der Waals surface area contributed by atoms with E-state index in [1.807, 2.05) is 33.7 Å². The minimum atomic E-state index is 0.00545. The standard InChI is InChI=1S/C24H29N5O2/c30-23(19-5-11-25-12-6-19)28-15-7-18(8-16-28)17-27-13-9-20(10-14-27)29-22-4-2-1-3-21(22)26-24(29)31/h1-6,11-12,18,20H,7-10,13-17H2,(H,26,31). The number of carbonyl (C=O) groups is 1. The molecule has 7 heteroatoms. The summed E-state index contributed by atoms with van der Waals surface area (Å²) in [6.45, 7) is 4.78. The predicted molar refractivity (Wildman–Crippen MR) is 120 cm³/mol. The molecule has 1 N–H and O–H groups in total. The number of nitrogens with zero attached hydrogens (tertiary/aromatic N) is 4. The molecule has 31 heavy (non-hydrogen) atoms. The van der Waals surface area contributed by atoms with E-state index in [1.54, 1.807) is 24.5 Å². The molecule has 2 aromatic heterocycles. The molecule has 1 aromatic carbocycles. The minimum Gasteiger partial charge on any atom is -0.339 e. The van der Waals surface area contributed by atoms with E-state index in [-0.39, 0.29) is 17.6 Å². The van der Waals surface area contributed by atoms with E-state index in [4.69, 9.17) is 0 Å². The SMILES string of the molecule is O=C(c1ccncc1)N1CCC(CN2CCC(n3c(=O)[nH]c4ccccc43)CC2)CC1. The highest BCUT2D eigenvalue weighted by molar-refractivity contribution is 5.94. The molecule has 2 aliphatic heterocycles. The summed E-state index contributed by atoms with van der Waals surface area (Å²) in [5.74, 6) is 0.750. The summed E-state index contributed by atoms with van der Waals surface area (Å²) >= 11 is 0. The second kappa shape index (κ2) is 8.67. The van der Waals surface area contributed by atoms with Gasteiger partial charge in [-0.3, -0.25) is 14.3 Å². The highest BCUT2D eigenvalue weighted by Crippen LogP contribution is 2.27. The van der Waals surface area contributed by atoms with Crippen molar-refractivity contribution in [1.82, 2.24) is 24.3 Å². The molecule has 162 valence electrons. The van der Waals surface area contributed by atoms with Crippen molar-refractivity contribution in [2.24, 2.45) is 5.92 Å². The smallest absolute Gasteiger partial charge is 0.326 e. The van der Waals surface area contributed by atoms with E-state index >= 15 is 0 Å². The Balaban J connectivity index is 1.13. The predicted octanol–water partition coefficient (Wildman–Crippen LogP) is 2.91. The van der Waals surface area contributed by atoms with Gasteiger partial charge in [0.25, 0.3) is 5.91 Å². The van der Waals surface area contributed by atoms with Crippen LogP contribution in [0.1, 0.15) is 42.1 Å². The Morgan fingerprint density at radius 3 is 2.42 bits per heavy atom. The molecule has 0 radical (unpaired) electrons. The van der Waals surface area contributed by atoms with Gasteiger partial charge < -0.3 is 14.8 Å². The average molecular weight is 420 g/mol. The monoisotopic (exact) mass is 419 g/mol. The first-order chi connectivity index (χ1) is 15.2. The fourth-order valence-corrected chi connectivity index (χ4v) is 5.16. The fraction of sp³-hybridized carbons (Fsp3) is 0.458. The van der Waals surface area contributed by atoms with Gasteiger partial charge in [0, 0.05) is 56.7 Å².